The molecule has 4 N–H and O–H groups in total. The Kier molecular flexibility index (Phi) is 16.5. The summed E-state index contributed by atoms with van der Waals surface area (Å²) in [6.45, 7) is -1.56. The molecular formula is C16H30B2F6O14P6. The predicted octanol–water partition coefficient (Wildman–Crippen LogP) is 6.70. The predicted molar refractivity (Wildman–Crippen MR) is 146 cm³/mol. The molecule has 0 aromatic carbocycles. The van der Waals surface area contributed by atoms with Crippen molar-refractivity contribution in [2.75, 3.05) is 38.2 Å². The third-order valence-electron chi connectivity index (χ3n) is 6.27. The smallest absolute Gasteiger partial charge is 0.396 e. The zero-order valence-corrected chi connectivity index (χ0v) is 27.9. The molecule has 2 aliphatic rings. The van der Waals surface area contributed by atoms with E-state index in [4.69, 9.17) is 35.7 Å². The average Bonchev–Trinajstić information content (AvgIpc) is 3.32. The van der Waals surface area contributed by atoms with Crippen molar-refractivity contribution in [3.05, 3.63) is 0 Å². The summed E-state index contributed by atoms with van der Waals surface area (Å²) >= 11 is 0. The van der Waals surface area contributed by atoms with E-state index in [0.29, 0.717) is 25.7 Å². The largest absolute Gasteiger partial charge is 0.520 e. The Labute approximate surface area is 251 Å². The van der Waals surface area contributed by atoms with Gasteiger partial charge in [0.2, 0.25) is 0 Å². The van der Waals surface area contributed by atoms with Crippen LogP contribution in [-0.4, -0.2) is 73.9 Å². The summed E-state index contributed by atoms with van der Waals surface area (Å²) in [4.78, 5) is 16.4. The topological polar surface area (TPSA) is 220 Å². The van der Waals surface area contributed by atoms with Crippen molar-refractivity contribution in [1.29, 1.82) is 0 Å². The molecule has 0 aromatic heterocycles. The standard InChI is InChI=1S/2C8H15BF3O7P3/c9-8-1-6(3-13)7(2-8)4-18-20(10,14)5-21(11,15)19-22(12,16)17;9-8-1-6(3-13)7(2-8)4-18-22(12,17)19-21(11,16)5-20(10,14)15/h6-8,13H,1-5H2,(H,16,17);6-8,13H,1-5H2,(H,14,15)/t6-,7+,8-,20?,21?;6-,7+,8-,21?,22?/m00/s1. The molecule has 256 valence electrons. The fourth-order valence-corrected chi connectivity index (χ4v) is 12.9. The molecule has 0 spiro atoms. The van der Waals surface area contributed by atoms with Crippen LogP contribution in [0.3, 0.4) is 0 Å². The van der Waals surface area contributed by atoms with E-state index in [9.17, 15) is 52.6 Å². The fraction of sp³-hybridized carbons (Fsp3) is 1.00. The van der Waals surface area contributed by atoms with E-state index >= 15 is 0 Å². The van der Waals surface area contributed by atoms with Crippen molar-refractivity contribution in [2.45, 2.75) is 37.3 Å². The van der Waals surface area contributed by atoms with E-state index in [2.05, 4.69) is 17.7 Å². The Morgan fingerprint density at radius 2 is 0.977 bits per heavy atom. The zero-order valence-electron chi connectivity index (χ0n) is 22.5. The number of aliphatic hydroxyl groups excluding tert-OH is 2. The molecule has 2 rings (SSSR count). The second kappa shape index (κ2) is 16.9. The van der Waals surface area contributed by atoms with Gasteiger partial charge in [0.15, 0.2) is 11.8 Å². The highest BCUT2D eigenvalue weighted by Crippen LogP contribution is 2.72. The van der Waals surface area contributed by atoms with Crippen LogP contribution in [0.2, 0.25) is 11.6 Å². The molecular weight excluding hydrogens is 738 g/mol. The van der Waals surface area contributed by atoms with Crippen molar-refractivity contribution in [1.82, 2.24) is 0 Å². The van der Waals surface area contributed by atoms with Crippen LogP contribution >= 0.6 is 46.5 Å². The maximum absolute atomic E-state index is 13.6. The highest BCUT2D eigenvalue weighted by Gasteiger charge is 2.45. The molecule has 0 aromatic rings. The molecule has 0 aliphatic heterocycles. The van der Waals surface area contributed by atoms with Crippen LogP contribution in [0.15, 0.2) is 0 Å². The summed E-state index contributed by atoms with van der Waals surface area (Å²) in [5.74, 6) is -6.19. The summed E-state index contributed by atoms with van der Waals surface area (Å²) in [6, 6.07) is 0. The van der Waals surface area contributed by atoms with Gasteiger partial charge in [0.1, 0.15) is 0 Å². The first-order chi connectivity index (χ1) is 19.7. The van der Waals surface area contributed by atoms with E-state index in [0.717, 1.165) is 0 Å². The van der Waals surface area contributed by atoms with E-state index < -0.39 is 83.4 Å². The Morgan fingerprint density at radius 3 is 1.36 bits per heavy atom. The highest BCUT2D eigenvalue weighted by molar-refractivity contribution is 7.75. The second-order valence-corrected chi connectivity index (χ2v) is 20.8. The molecule has 14 nitrogen and oxygen atoms in total. The van der Waals surface area contributed by atoms with E-state index in [1.165, 1.54) is 0 Å². The van der Waals surface area contributed by atoms with Crippen LogP contribution in [0.25, 0.3) is 0 Å². The van der Waals surface area contributed by atoms with Gasteiger partial charge in [0.25, 0.3) is 0 Å². The first kappa shape index (κ1) is 42.8. The monoisotopic (exact) mass is 768 g/mol. The lowest BCUT2D eigenvalue weighted by Crippen LogP contribution is -2.17. The Hall–Kier alpha value is 0.770. The Bertz CT molecular complexity index is 1150. The summed E-state index contributed by atoms with van der Waals surface area (Å²) in [5, 5.41) is 18.2. The molecule has 2 aliphatic carbocycles. The lowest BCUT2D eigenvalue weighted by molar-refractivity contribution is 0.135. The summed E-state index contributed by atoms with van der Waals surface area (Å²) in [6.07, 6.45) is 1.56. The van der Waals surface area contributed by atoms with Gasteiger partial charge in [-0.05, 0) is 23.7 Å². The minimum atomic E-state index is -5.97. The fourth-order valence-electron chi connectivity index (χ4n) is 4.59. The SMILES string of the molecule is [B][C@H]1C[C@@H](CO)[C@@H](COP(=O)(F)CP(=O)(F)OP(=O)(O)F)C1.[B][C@H]1C[C@@H](CO)[C@@H](COP(=O)(F)OP(=O)(F)CP(=O)(O)F)C1. The minimum Gasteiger partial charge on any atom is -0.396 e. The van der Waals surface area contributed by atoms with Crippen LogP contribution in [0.5, 0.6) is 0 Å². The Balaban J connectivity index is 0.000000440. The van der Waals surface area contributed by atoms with Crippen LogP contribution < -0.4 is 0 Å². The molecule has 44 heavy (non-hydrogen) atoms. The summed E-state index contributed by atoms with van der Waals surface area (Å²) < 4.78 is 158. The number of hydrogen-bond acceptors (Lipinski definition) is 12. The van der Waals surface area contributed by atoms with Crippen LogP contribution in [0.1, 0.15) is 25.7 Å². The molecule has 0 amide bonds. The number of hydrogen-bond donors (Lipinski definition) is 4. The van der Waals surface area contributed by atoms with Crippen molar-refractivity contribution in [3.8, 4) is 0 Å². The van der Waals surface area contributed by atoms with Crippen molar-refractivity contribution in [2.24, 2.45) is 23.7 Å². The first-order valence-electron chi connectivity index (χ1n) is 12.3. The maximum Gasteiger partial charge on any atom is 0.520 e. The molecule has 2 fully saturated rings. The molecule has 28 heteroatoms. The molecule has 4 radical (unpaired) electrons. The first-order valence-corrected chi connectivity index (χ1v) is 22.1. The van der Waals surface area contributed by atoms with Gasteiger partial charge in [-0.3, -0.25) is 27.7 Å². The van der Waals surface area contributed by atoms with Gasteiger partial charge in [-0.25, -0.2) is 13.4 Å². The van der Waals surface area contributed by atoms with Crippen molar-refractivity contribution < 1.29 is 90.2 Å². The van der Waals surface area contributed by atoms with Crippen LogP contribution in [0, 0.1) is 23.7 Å². The number of aliphatic hydroxyl groups is 2. The number of halogens is 6. The van der Waals surface area contributed by atoms with E-state index in [-0.39, 0.29) is 36.7 Å². The minimum absolute atomic E-state index is 0.251. The number of rotatable bonds is 16. The van der Waals surface area contributed by atoms with Gasteiger partial charge >= 0.3 is 46.5 Å². The zero-order chi connectivity index (χ0) is 34.4. The van der Waals surface area contributed by atoms with Crippen molar-refractivity contribution >= 4 is 62.2 Å². The molecule has 0 saturated heterocycles. The van der Waals surface area contributed by atoms with Crippen LogP contribution in [-0.2, 0) is 45.1 Å². The maximum atomic E-state index is 13.6. The van der Waals surface area contributed by atoms with Gasteiger partial charge in [-0.1, -0.05) is 37.3 Å². The molecule has 12 atom stereocenters. The molecule has 2 saturated carbocycles. The van der Waals surface area contributed by atoms with Gasteiger partial charge in [0.05, 0.1) is 28.9 Å². The normalized spacial score (nSPS) is 33.8. The summed E-state index contributed by atoms with van der Waals surface area (Å²) in [5.41, 5.74) is 0. The molecule has 6 unspecified atom stereocenters. The molecule has 0 heterocycles. The summed E-state index contributed by atoms with van der Waals surface area (Å²) in [7, 11) is -22.8. The molecule has 0 bridgehead atoms. The van der Waals surface area contributed by atoms with E-state index in [1.54, 1.807) is 0 Å². The average molecular weight is 768 g/mol. The van der Waals surface area contributed by atoms with Gasteiger partial charge < -0.3 is 19.6 Å². The lowest BCUT2D eigenvalue weighted by atomic mass is 9.85. The third-order valence-corrected chi connectivity index (χ3v) is 16.3. The van der Waals surface area contributed by atoms with Crippen molar-refractivity contribution in [3.63, 3.8) is 0 Å². The lowest BCUT2D eigenvalue weighted by Gasteiger charge is -2.19. The van der Waals surface area contributed by atoms with Crippen LogP contribution in [0.4, 0.5) is 25.2 Å². The Morgan fingerprint density at radius 1 is 0.591 bits per heavy atom. The quantitative estimate of drug-likeness (QED) is 0.0730. The van der Waals surface area contributed by atoms with Gasteiger partial charge in [0, 0.05) is 13.2 Å². The second-order valence-electron chi connectivity index (χ2n) is 10.2. The highest BCUT2D eigenvalue weighted by atomic mass is 31.3. The van der Waals surface area contributed by atoms with E-state index in [1.807, 2.05) is 0 Å². The van der Waals surface area contributed by atoms with Gasteiger partial charge in [-0.15, -0.1) is 8.39 Å². The third kappa shape index (κ3) is 17.8. The van der Waals surface area contributed by atoms with Gasteiger partial charge in [-0.2, -0.15) is 21.1 Å².